The van der Waals surface area contributed by atoms with Crippen LogP contribution in [0.2, 0.25) is 10.0 Å². The summed E-state index contributed by atoms with van der Waals surface area (Å²) in [5, 5.41) is 14.2. The summed E-state index contributed by atoms with van der Waals surface area (Å²) < 4.78 is 0. The molecule has 4 nitrogen and oxygen atoms in total. The van der Waals surface area contributed by atoms with Gasteiger partial charge in [-0.05, 0) is 30.7 Å². The van der Waals surface area contributed by atoms with Gasteiger partial charge in [0.15, 0.2) is 0 Å². The van der Waals surface area contributed by atoms with Gasteiger partial charge in [0, 0.05) is 27.7 Å². The zero-order valence-corrected chi connectivity index (χ0v) is 17.9. The maximum absolute atomic E-state index is 6.34. The van der Waals surface area contributed by atoms with Crippen LogP contribution < -0.4 is 5.32 Å². The minimum Gasteiger partial charge on any atom is -0.311 e. The zero-order chi connectivity index (χ0) is 20.8. The molecule has 0 radical (unpaired) electrons. The lowest BCUT2D eigenvalue weighted by Crippen LogP contribution is -2.17. The van der Waals surface area contributed by atoms with Gasteiger partial charge in [-0.3, -0.25) is 0 Å². The van der Waals surface area contributed by atoms with Crippen molar-refractivity contribution in [2.24, 2.45) is 0 Å². The summed E-state index contributed by atoms with van der Waals surface area (Å²) in [7, 11) is 0. The normalized spacial score (nSPS) is 11.0. The second kappa shape index (κ2) is 9.90. The Morgan fingerprint density at radius 1 is 0.767 bits per heavy atom. The summed E-state index contributed by atoms with van der Waals surface area (Å²) in [4.78, 5) is 1.67. The van der Waals surface area contributed by atoms with Crippen molar-refractivity contribution < 1.29 is 0 Å². The quantitative estimate of drug-likeness (QED) is 0.363. The van der Waals surface area contributed by atoms with Gasteiger partial charge in [-0.25, -0.2) is 0 Å². The van der Waals surface area contributed by atoms with Crippen molar-refractivity contribution in [1.29, 1.82) is 0 Å². The second-order valence-corrected chi connectivity index (χ2v) is 7.82. The van der Waals surface area contributed by atoms with Gasteiger partial charge >= 0.3 is 0 Å². The van der Waals surface area contributed by atoms with Crippen molar-refractivity contribution in [1.82, 2.24) is 20.3 Å². The Morgan fingerprint density at radius 2 is 1.43 bits per heavy atom. The lowest BCUT2D eigenvalue weighted by molar-refractivity contribution is 0.577. The molecule has 1 aromatic heterocycles. The third-order valence-electron chi connectivity index (χ3n) is 4.86. The van der Waals surface area contributed by atoms with Crippen LogP contribution in [0.5, 0.6) is 0 Å². The van der Waals surface area contributed by atoms with E-state index in [2.05, 4.69) is 29.6 Å². The van der Waals surface area contributed by atoms with E-state index in [1.165, 1.54) is 5.56 Å². The van der Waals surface area contributed by atoms with Gasteiger partial charge in [-0.1, -0.05) is 89.9 Å². The van der Waals surface area contributed by atoms with Crippen LogP contribution in [0.15, 0.2) is 78.9 Å². The monoisotopic (exact) mass is 436 g/mol. The number of hydrogen-bond acceptors (Lipinski definition) is 3. The maximum Gasteiger partial charge on any atom is 0.117 e. The number of benzene rings is 3. The van der Waals surface area contributed by atoms with Gasteiger partial charge in [0.25, 0.3) is 0 Å². The third-order valence-corrected chi connectivity index (χ3v) is 5.57. The fraction of sp³-hybridized carbons (Fsp3) is 0.167. The predicted molar refractivity (Wildman–Crippen MR) is 123 cm³/mol. The van der Waals surface area contributed by atoms with Crippen molar-refractivity contribution in [3.63, 3.8) is 0 Å². The minimum absolute atomic E-state index is 0.419. The predicted octanol–water partition coefficient (Wildman–Crippen LogP) is 5.63. The van der Waals surface area contributed by atoms with Crippen LogP contribution in [0.3, 0.4) is 0 Å². The van der Waals surface area contributed by atoms with Crippen LogP contribution in [0.1, 0.15) is 16.8 Å². The highest BCUT2D eigenvalue weighted by Gasteiger charge is 2.15. The molecule has 0 unspecified atom stereocenters. The van der Waals surface area contributed by atoms with Crippen molar-refractivity contribution in [2.45, 2.75) is 19.5 Å². The lowest BCUT2D eigenvalue weighted by Gasteiger charge is -2.06. The topological polar surface area (TPSA) is 42.7 Å². The van der Waals surface area contributed by atoms with Crippen molar-refractivity contribution in [2.75, 3.05) is 6.54 Å². The van der Waals surface area contributed by atoms with Crippen LogP contribution >= 0.6 is 23.2 Å². The molecule has 152 valence electrons. The summed E-state index contributed by atoms with van der Waals surface area (Å²) in [5.74, 6) is 0. The number of halogens is 2. The van der Waals surface area contributed by atoms with E-state index in [1.807, 2.05) is 54.6 Å². The summed E-state index contributed by atoms with van der Waals surface area (Å²) in [6, 6.07) is 26.0. The van der Waals surface area contributed by atoms with E-state index >= 15 is 0 Å². The van der Waals surface area contributed by atoms with E-state index in [0.717, 1.165) is 35.5 Å². The summed E-state index contributed by atoms with van der Waals surface area (Å²) in [6.45, 7) is 1.91. The van der Waals surface area contributed by atoms with E-state index in [4.69, 9.17) is 33.4 Å². The van der Waals surface area contributed by atoms with Crippen LogP contribution in [-0.2, 0) is 19.5 Å². The molecule has 0 bridgehead atoms. The van der Waals surface area contributed by atoms with Gasteiger partial charge in [0.1, 0.15) is 11.4 Å². The molecule has 1 heterocycles. The first-order chi connectivity index (χ1) is 14.7. The number of nitrogens with zero attached hydrogens (tertiary/aromatic N) is 3. The Balaban J connectivity index is 1.52. The van der Waals surface area contributed by atoms with E-state index in [1.54, 1.807) is 4.80 Å². The Bertz CT molecular complexity index is 1070. The number of nitrogens with one attached hydrogen (secondary N) is 1. The molecule has 0 saturated carbocycles. The lowest BCUT2D eigenvalue weighted by atomic mass is 10.1. The molecule has 0 saturated heterocycles. The van der Waals surface area contributed by atoms with Crippen molar-refractivity contribution >= 4 is 23.2 Å². The first-order valence-corrected chi connectivity index (χ1v) is 10.6. The highest BCUT2D eigenvalue weighted by atomic mass is 35.5. The summed E-state index contributed by atoms with van der Waals surface area (Å²) >= 11 is 12.7. The molecule has 0 amide bonds. The molecule has 1 N–H and O–H groups in total. The second-order valence-electron chi connectivity index (χ2n) is 7.00. The third kappa shape index (κ3) is 5.08. The molecule has 4 aromatic rings. The molecule has 6 heteroatoms. The van der Waals surface area contributed by atoms with Gasteiger partial charge in [-0.2, -0.15) is 15.0 Å². The Kier molecular flexibility index (Phi) is 6.80. The number of aromatic nitrogens is 3. The molecule has 0 aliphatic carbocycles. The SMILES string of the molecule is Clc1cccc(Cl)c1Cn1nc(CNCCc2ccccc2)c(-c2ccccc2)n1. The Hall–Kier alpha value is -2.66. The van der Waals surface area contributed by atoms with Gasteiger partial charge in [0.05, 0.1) is 6.54 Å². The molecular weight excluding hydrogens is 415 g/mol. The largest absolute Gasteiger partial charge is 0.311 e. The highest BCUT2D eigenvalue weighted by Crippen LogP contribution is 2.26. The summed E-state index contributed by atoms with van der Waals surface area (Å²) in [6.07, 6.45) is 0.963. The fourth-order valence-corrected chi connectivity index (χ4v) is 3.82. The molecule has 0 atom stereocenters. The van der Waals surface area contributed by atoms with Crippen LogP contribution in [0, 0.1) is 0 Å². The van der Waals surface area contributed by atoms with Crippen molar-refractivity contribution in [3.05, 3.63) is 106 Å². The van der Waals surface area contributed by atoms with E-state index in [9.17, 15) is 0 Å². The number of rotatable bonds is 8. The van der Waals surface area contributed by atoms with Gasteiger partial charge in [0.2, 0.25) is 0 Å². The van der Waals surface area contributed by atoms with Crippen molar-refractivity contribution in [3.8, 4) is 11.3 Å². The first kappa shape index (κ1) is 20.6. The Labute approximate surface area is 186 Å². The van der Waals surface area contributed by atoms with E-state index in [-0.39, 0.29) is 0 Å². The van der Waals surface area contributed by atoms with Crippen LogP contribution in [-0.4, -0.2) is 21.5 Å². The maximum atomic E-state index is 6.34. The minimum atomic E-state index is 0.419. The van der Waals surface area contributed by atoms with E-state index in [0.29, 0.717) is 23.1 Å². The van der Waals surface area contributed by atoms with Gasteiger partial charge in [-0.15, -0.1) is 0 Å². The molecule has 30 heavy (non-hydrogen) atoms. The fourth-order valence-electron chi connectivity index (χ4n) is 3.30. The average Bonchev–Trinajstić information content (AvgIpc) is 3.18. The summed E-state index contributed by atoms with van der Waals surface area (Å²) in [5.41, 5.74) is 4.93. The van der Waals surface area contributed by atoms with Crippen LogP contribution in [0.25, 0.3) is 11.3 Å². The molecule has 0 aliphatic rings. The molecular formula is C24H22Cl2N4. The first-order valence-electron chi connectivity index (χ1n) is 9.87. The standard InChI is InChI=1S/C24H22Cl2N4/c25-21-12-7-13-22(26)20(21)17-30-28-23(24(29-30)19-10-5-2-6-11-19)16-27-15-14-18-8-3-1-4-9-18/h1-13,27H,14-17H2. The molecule has 0 spiro atoms. The smallest absolute Gasteiger partial charge is 0.117 e. The zero-order valence-electron chi connectivity index (χ0n) is 16.4. The highest BCUT2D eigenvalue weighted by molar-refractivity contribution is 6.35. The molecule has 4 rings (SSSR count). The number of hydrogen-bond donors (Lipinski definition) is 1. The molecule has 0 fully saturated rings. The molecule has 0 aliphatic heterocycles. The molecule has 3 aromatic carbocycles. The van der Waals surface area contributed by atoms with Gasteiger partial charge < -0.3 is 5.32 Å². The average molecular weight is 437 g/mol. The Morgan fingerprint density at radius 3 is 2.13 bits per heavy atom. The van der Waals surface area contributed by atoms with Crippen LogP contribution in [0.4, 0.5) is 0 Å². The van der Waals surface area contributed by atoms with E-state index < -0.39 is 0 Å².